The highest BCUT2D eigenvalue weighted by Gasteiger charge is 2.75. The van der Waals surface area contributed by atoms with Crippen LogP contribution in [0.4, 0.5) is 0 Å². The summed E-state index contributed by atoms with van der Waals surface area (Å²) in [5, 5.41) is 39.9. The Labute approximate surface area is 364 Å². The quantitative estimate of drug-likeness (QED) is 0.128. The SMILES string of the molecule is CC(=O)OC1C(=O)[C@]2(C)C(O)CC3OC[C@@]3(OC(C)=O)C2C(OC(=O)c2ccccc2)CC2(O)CC(OC(=O)C(O)C(NC(=O)c3ccccc3)c3ccccc3)C(C)=C1C2(C)C. The van der Waals surface area contributed by atoms with Gasteiger partial charge in [-0.1, -0.05) is 80.6 Å². The number of esters is 4. The second-order valence-electron chi connectivity index (χ2n) is 17.8. The van der Waals surface area contributed by atoms with Gasteiger partial charge in [-0.15, -0.1) is 0 Å². The van der Waals surface area contributed by atoms with Crippen LogP contribution in [0.2, 0.25) is 0 Å². The van der Waals surface area contributed by atoms with Gasteiger partial charge in [0, 0.05) is 44.1 Å². The van der Waals surface area contributed by atoms with Gasteiger partial charge in [0.15, 0.2) is 23.6 Å². The van der Waals surface area contributed by atoms with Gasteiger partial charge in [0.2, 0.25) is 0 Å². The molecule has 0 aromatic heterocycles. The number of carbonyl (C=O) groups excluding carboxylic acids is 6. The van der Waals surface area contributed by atoms with Crippen LogP contribution in [-0.2, 0) is 42.9 Å². The molecule has 4 N–H and O–H groups in total. The lowest BCUT2D eigenvalue weighted by Gasteiger charge is -2.63. The molecule has 3 aromatic rings. The fourth-order valence-corrected chi connectivity index (χ4v) is 10.4. The first-order chi connectivity index (χ1) is 29.7. The summed E-state index contributed by atoms with van der Waals surface area (Å²) in [4.78, 5) is 83.4. The molecule has 0 radical (unpaired) electrons. The Morgan fingerprint density at radius 2 is 1.40 bits per heavy atom. The summed E-state index contributed by atoms with van der Waals surface area (Å²) in [5.74, 6) is -6.49. The molecule has 11 atom stereocenters. The van der Waals surface area contributed by atoms with Crippen LogP contribution in [0.5, 0.6) is 0 Å². The standard InChI is InChI=1S/C48H53NO14/c1-26-32(61-44(57)38(53)37(29-16-10-7-11-17-29)49-42(55)30-18-12-8-13-19-30)23-47(58)24-33(62-43(56)31-20-14-9-15-21-31)40-46(6,34(52)22-35-48(40,25-59-35)63-28(3)51)41(54)39(60-27(2)50)36(26)45(47,4)5/h7-21,32-35,37-40,52-53,58H,22-25H2,1-6H3,(H,49,55)/t32?,33?,34?,35?,37?,38?,39?,40?,46-,47?,48+/m1/s1. The molecule has 334 valence electrons. The molecule has 1 heterocycles. The van der Waals surface area contributed by atoms with Crippen molar-refractivity contribution in [2.24, 2.45) is 16.7 Å². The van der Waals surface area contributed by atoms with Gasteiger partial charge in [0.25, 0.3) is 5.91 Å². The smallest absolute Gasteiger partial charge is 0.338 e. The summed E-state index contributed by atoms with van der Waals surface area (Å²) < 4.78 is 30.3. The molecule has 9 unspecified atom stereocenters. The Bertz CT molecular complexity index is 2300. The van der Waals surface area contributed by atoms with Gasteiger partial charge in [0.1, 0.15) is 18.3 Å². The van der Waals surface area contributed by atoms with E-state index in [1.54, 1.807) is 99.6 Å². The molecule has 3 fully saturated rings. The van der Waals surface area contributed by atoms with Crippen molar-refractivity contribution in [2.75, 3.05) is 6.61 Å². The molecular weight excluding hydrogens is 815 g/mol. The zero-order chi connectivity index (χ0) is 45.6. The fourth-order valence-electron chi connectivity index (χ4n) is 10.4. The number of hydrogen-bond donors (Lipinski definition) is 4. The number of benzene rings is 3. The average molecular weight is 868 g/mol. The first kappa shape index (κ1) is 45.3. The van der Waals surface area contributed by atoms with Crippen LogP contribution >= 0.6 is 0 Å². The molecule has 4 aliphatic rings. The Hall–Kier alpha value is -5.74. The fraction of sp³-hybridized carbons (Fsp3) is 0.458. The Kier molecular flexibility index (Phi) is 12.3. The van der Waals surface area contributed by atoms with Crippen molar-refractivity contribution in [2.45, 2.75) is 115 Å². The Morgan fingerprint density at radius 3 is 1.95 bits per heavy atom. The van der Waals surface area contributed by atoms with Gasteiger partial charge in [0.05, 0.1) is 41.3 Å². The van der Waals surface area contributed by atoms with Crippen LogP contribution in [0.3, 0.4) is 0 Å². The lowest BCUT2D eigenvalue weighted by molar-refractivity contribution is -0.331. The number of aliphatic hydroxyl groups excluding tert-OH is 2. The molecular formula is C48H53NO14. The molecule has 1 saturated heterocycles. The van der Waals surface area contributed by atoms with Crippen LogP contribution < -0.4 is 5.32 Å². The highest BCUT2D eigenvalue weighted by Crippen LogP contribution is 2.62. The van der Waals surface area contributed by atoms with Crippen molar-refractivity contribution >= 4 is 35.6 Å². The van der Waals surface area contributed by atoms with Crippen LogP contribution in [0.25, 0.3) is 0 Å². The largest absolute Gasteiger partial charge is 0.458 e. The molecule has 7 rings (SSSR count). The van der Waals surface area contributed by atoms with E-state index in [9.17, 15) is 39.3 Å². The van der Waals surface area contributed by atoms with E-state index in [1.165, 1.54) is 26.0 Å². The first-order valence-corrected chi connectivity index (χ1v) is 20.9. The molecule has 15 heteroatoms. The normalized spacial score (nSPS) is 31.7. The maximum absolute atomic E-state index is 15.6. The van der Waals surface area contributed by atoms with E-state index in [0.717, 1.165) is 6.92 Å². The number of amides is 1. The second kappa shape index (κ2) is 17.1. The third kappa shape index (κ3) is 7.96. The van der Waals surface area contributed by atoms with Crippen molar-refractivity contribution < 1.29 is 67.8 Å². The molecule has 63 heavy (non-hydrogen) atoms. The zero-order valence-corrected chi connectivity index (χ0v) is 35.9. The van der Waals surface area contributed by atoms with E-state index >= 15 is 4.79 Å². The summed E-state index contributed by atoms with van der Waals surface area (Å²) >= 11 is 0. The summed E-state index contributed by atoms with van der Waals surface area (Å²) in [7, 11) is 0. The predicted molar refractivity (Wildman–Crippen MR) is 222 cm³/mol. The lowest BCUT2D eigenvalue weighted by Crippen LogP contribution is -2.77. The predicted octanol–water partition coefficient (Wildman–Crippen LogP) is 4.13. The van der Waals surface area contributed by atoms with E-state index in [0.29, 0.717) is 5.56 Å². The van der Waals surface area contributed by atoms with Crippen LogP contribution in [0.15, 0.2) is 102 Å². The third-order valence-electron chi connectivity index (χ3n) is 13.7. The van der Waals surface area contributed by atoms with Crippen molar-refractivity contribution in [3.8, 4) is 0 Å². The summed E-state index contributed by atoms with van der Waals surface area (Å²) in [5.41, 5.74) is -6.25. The maximum atomic E-state index is 15.6. The number of aliphatic hydroxyl groups is 3. The average Bonchev–Trinajstić information content (AvgIpc) is 3.25. The summed E-state index contributed by atoms with van der Waals surface area (Å²) in [6.07, 6.45) is -10.3. The topological polar surface area (TPSA) is 221 Å². The van der Waals surface area contributed by atoms with Gasteiger partial charge in [-0.2, -0.15) is 0 Å². The number of nitrogens with one attached hydrogen (secondary N) is 1. The van der Waals surface area contributed by atoms with E-state index < -0.39 is 119 Å². The van der Waals surface area contributed by atoms with Gasteiger partial charge in [-0.05, 0) is 54.8 Å². The molecule has 3 aliphatic carbocycles. The minimum Gasteiger partial charge on any atom is -0.458 e. The monoisotopic (exact) mass is 867 g/mol. The van der Waals surface area contributed by atoms with Crippen LogP contribution in [0.1, 0.15) is 93.1 Å². The summed E-state index contributed by atoms with van der Waals surface area (Å²) in [6.45, 7) is 8.25. The van der Waals surface area contributed by atoms with Gasteiger partial charge in [-0.25, -0.2) is 9.59 Å². The van der Waals surface area contributed by atoms with E-state index in [1.807, 2.05) is 0 Å². The number of hydrogen-bond acceptors (Lipinski definition) is 14. The minimum atomic E-state index is -2.09. The van der Waals surface area contributed by atoms with Gasteiger partial charge in [-0.3, -0.25) is 19.2 Å². The van der Waals surface area contributed by atoms with Crippen molar-refractivity contribution in [3.63, 3.8) is 0 Å². The lowest BCUT2D eigenvalue weighted by atomic mass is 9.52. The van der Waals surface area contributed by atoms with Crippen LogP contribution in [-0.4, -0.2) is 105 Å². The second-order valence-corrected chi connectivity index (χ2v) is 17.8. The molecule has 1 amide bonds. The molecule has 0 spiro atoms. The van der Waals surface area contributed by atoms with E-state index in [-0.39, 0.29) is 35.3 Å². The summed E-state index contributed by atoms with van der Waals surface area (Å²) in [6, 6.07) is 23.2. The number of ketones is 1. The number of carbonyl (C=O) groups is 6. The van der Waals surface area contributed by atoms with Gasteiger partial charge < -0.3 is 44.3 Å². The van der Waals surface area contributed by atoms with Crippen molar-refractivity contribution in [3.05, 3.63) is 119 Å². The number of fused-ring (bicyclic) bond motifs is 5. The highest BCUT2D eigenvalue weighted by molar-refractivity contribution is 5.96. The van der Waals surface area contributed by atoms with Crippen molar-refractivity contribution in [1.82, 2.24) is 5.32 Å². The van der Waals surface area contributed by atoms with Crippen molar-refractivity contribution in [1.29, 1.82) is 0 Å². The number of rotatable bonds is 10. The number of Topliss-reactive ketones (excluding diaryl/α,β-unsaturated/α-hetero) is 1. The van der Waals surface area contributed by atoms with Crippen LogP contribution in [0, 0.1) is 16.7 Å². The molecule has 1 aliphatic heterocycles. The third-order valence-corrected chi connectivity index (χ3v) is 13.7. The zero-order valence-electron chi connectivity index (χ0n) is 35.9. The molecule has 3 aromatic carbocycles. The Balaban J connectivity index is 1.36. The minimum absolute atomic E-state index is 0.0523. The maximum Gasteiger partial charge on any atom is 0.338 e. The van der Waals surface area contributed by atoms with E-state index in [2.05, 4.69) is 5.32 Å². The van der Waals surface area contributed by atoms with E-state index in [4.69, 9.17) is 23.7 Å². The molecule has 15 nitrogen and oxygen atoms in total. The molecule has 2 saturated carbocycles. The molecule has 2 bridgehead atoms. The highest BCUT2D eigenvalue weighted by atomic mass is 16.6. The van der Waals surface area contributed by atoms with Gasteiger partial charge >= 0.3 is 23.9 Å². The Morgan fingerprint density at radius 1 is 0.810 bits per heavy atom. The number of ether oxygens (including phenoxy) is 5. The first-order valence-electron chi connectivity index (χ1n) is 20.9.